The van der Waals surface area contributed by atoms with E-state index in [0.29, 0.717) is 28.9 Å². The predicted octanol–water partition coefficient (Wildman–Crippen LogP) is 4.47. The van der Waals surface area contributed by atoms with Gasteiger partial charge in [-0.25, -0.2) is 9.78 Å². The van der Waals surface area contributed by atoms with Crippen LogP contribution in [0.5, 0.6) is 0 Å². The van der Waals surface area contributed by atoms with Gasteiger partial charge >= 0.3 is 5.76 Å². The summed E-state index contributed by atoms with van der Waals surface area (Å²) in [6, 6.07) is 14.2. The summed E-state index contributed by atoms with van der Waals surface area (Å²) in [5.41, 5.74) is 5.08. The van der Waals surface area contributed by atoms with Crippen LogP contribution in [0.25, 0.3) is 11.1 Å². The van der Waals surface area contributed by atoms with Crippen molar-refractivity contribution in [2.45, 2.75) is 26.3 Å². The quantitative estimate of drug-likeness (QED) is 0.426. The molecule has 0 saturated carbocycles. The number of anilines is 4. The van der Waals surface area contributed by atoms with E-state index in [0.717, 1.165) is 30.0 Å². The molecule has 1 fully saturated rings. The number of aryl methyl sites for hydroxylation is 1. The molecule has 0 spiro atoms. The van der Waals surface area contributed by atoms with Gasteiger partial charge in [-0.3, -0.25) is 9.88 Å². The Balaban J connectivity index is 1.36. The van der Waals surface area contributed by atoms with E-state index < -0.39 is 5.76 Å². The molecule has 2 aromatic carbocycles. The van der Waals surface area contributed by atoms with Crippen molar-refractivity contribution in [3.63, 3.8) is 0 Å². The summed E-state index contributed by atoms with van der Waals surface area (Å²) >= 11 is 0. The van der Waals surface area contributed by atoms with Crippen molar-refractivity contribution in [2.75, 3.05) is 23.7 Å². The molecule has 4 aromatic rings. The fourth-order valence-electron chi connectivity index (χ4n) is 3.74. The SMILES string of the molecule is Cc1cnc(Nc2cccc(C(C)N3CCC3)c2)nc1Nc1ccc2oc(=O)[nH]c2c1. The number of aromatic nitrogens is 3. The van der Waals surface area contributed by atoms with Gasteiger partial charge < -0.3 is 15.1 Å². The largest absolute Gasteiger partial charge is 0.417 e. The van der Waals surface area contributed by atoms with Crippen molar-refractivity contribution in [1.29, 1.82) is 0 Å². The lowest BCUT2D eigenvalue weighted by Crippen LogP contribution is -2.38. The maximum Gasteiger partial charge on any atom is 0.417 e. The Morgan fingerprint density at radius 3 is 2.77 bits per heavy atom. The first-order chi connectivity index (χ1) is 15.0. The predicted molar refractivity (Wildman–Crippen MR) is 121 cm³/mol. The summed E-state index contributed by atoms with van der Waals surface area (Å²) in [6.45, 7) is 6.51. The van der Waals surface area contributed by atoms with Gasteiger partial charge in [0.15, 0.2) is 5.58 Å². The minimum absolute atomic E-state index is 0.399. The molecule has 3 heterocycles. The van der Waals surface area contributed by atoms with Crippen LogP contribution in [0.1, 0.15) is 30.5 Å². The first-order valence-electron chi connectivity index (χ1n) is 10.4. The highest BCUT2D eigenvalue weighted by Crippen LogP contribution is 2.28. The molecule has 3 N–H and O–H groups in total. The van der Waals surface area contributed by atoms with E-state index in [-0.39, 0.29) is 0 Å². The number of aromatic amines is 1. The molecule has 31 heavy (non-hydrogen) atoms. The zero-order chi connectivity index (χ0) is 21.4. The van der Waals surface area contributed by atoms with E-state index in [1.54, 1.807) is 12.3 Å². The Bertz CT molecular complexity index is 1290. The monoisotopic (exact) mass is 416 g/mol. The second-order valence-electron chi connectivity index (χ2n) is 7.89. The van der Waals surface area contributed by atoms with Gasteiger partial charge in [-0.15, -0.1) is 0 Å². The topological polar surface area (TPSA) is 99.1 Å². The number of nitrogens with one attached hydrogen (secondary N) is 3. The fraction of sp³-hybridized carbons (Fsp3) is 0.261. The van der Waals surface area contributed by atoms with E-state index in [4.69, 9.17) is 4.42 Å². The molecule has 2 aromatic heterocycles. The molecular formula is C23H24N6O2. The normalized spacial score (nSPS) is 14.9. The first kappa shape index (κ1) is 19.3. The summed E-state index contributed by atoms with van der Waals surface area (Å²) in [5, 5.41) is 6.62. The van der Waals surface area contributed by atoms with Crippen molar-refractivity contribution in [3.05, 3.63) is 70.3 Å². The molecule has 0 amide bonds. The molecule has 8 heteroatoms. The molecule has 5 rings (SSSR count). The molecule has 1 unspecified atom stereocenters. The number of nitrogens with zero attached hydrogens (tertiary/aromatic N) is 3. The maximum absolute atomic E-state index is 11.4. The fourth-order valence-corrected chi connectivity index (χ4v) is 3.74. The Morgan fingerprint density at radius 2 is 1.97 bits per heavy atom. The Labute approximate surface area is 179 Å². The van der Waals surface area contributed by atoms with Crippen LogP contribution in [-0.2, 0) is 0 Å². The van der Waals surface area contributed by atoms with E-state index in [9.17, 15) is 4.79 Å². The summed E-state index contributed by atoms with van der Waals surface area (Å²) in [4.78, 5) is 25.6. The minimum atomic E-state index is -0.470. The van der Waals surface area contributed by atoms with Crippen LogP contribution in [0, 0.1) is 6.92 Å². The van der Waals surface area contributed by atoms with Gasteiger partial charge in [-0.2, -0.15) is 4.98 Å². The third-order valence-electron chi connectivity index (χ3n) is 5.72. The summed E-state index contributed by atoms with van der Waals surface area (Å²) in [5.74, 6) is 0.731. The van der Waals surface area contributed by atoms with Crippen LogP contribution in [0.4, 0.5) is 23.1 Å². The Hall–Kier alpha value is -3.65. The zero-order valence-corrected chi connectivity index (χ0v) is 17.5. The summed E-state index contributed by atoms with van der Waals surface area (Å²) in [7, 11) is 0. The number of H-pyrrole nitrogens is 1. The lowest BCUT2D eigenvalue weighted by molar-refractivity contribution is 0.128. The molecule has 1 saturated heterocycles. The molecule has 0 bridgehead atoms. The van der Waals surface area contributed by atoms with Crippen molar-refractivity contribution >= 4 is 34.2 Å². The van der Waals surface area contributed by atoms with Crippen molar-refractivity contribution in [2.24, 2.45) is 0 Å². The smallest absolute Gasteiger partial charge is 0.408 e. The number of fused-ring (bicyclic) bond motifs is 1. The van der Waals surface area contributed by atoms with Gasteiger partial charge in [-0.1, -0.05) is 12.1 Å². The van der Waals surface area contributed by atoms with Gasteiger partial charge in [0.1, 0.15) is 5.82 Å². The maximum atomic E-state index is 11.4. The second-order valence-corrected chi connectivity index (χ2v) is 7.89. The number of likely N-dealkylation sites (tertiary alicyclic amines) is 1. The number of rotatable bonds is 6. The van der Waals surface area contributed by atoms with E-state index in [2.05, 4.69) is 55.6 Å². The van der Waals surface area contributed by atoms with Gasteiger partial charge in [0, 0.05) is 29.2 Å². The molecule has 1 aliphatic heterocycles. The average molecular weight is 416 g/mol. The number of hydrogen-bond donors (Lipinski definition) is 3. The van der Waals surface area contributed by atoms with Gasteiger partial charge in [0.2, 0.25) is 5.95 Å². The lowest BCUT2D eigenvalue weighted by atomic mass is 10.0. The molecule has 158 valence electrons. The van der Waals surface area contributed by atoms with Crippen molar-refractivity contribution < 1.29 is 4.42 Å². The van der Waals surface area contributed by atoms with Crippen molar-refractivity contribution in [3.8, 4) is 0 Å². The van der Waals surface area contributed by atoms with Crippen LogP contribution in [-0.4, -0.2) is 32.9 Å². The summed E-state index contributed by atoms with van der Waals surface area (Å²) < 4.78 is 5.06. The molecule has 0 aliphatic carbocycles. The van der Waals surface area contributed by atoms with Gasteiger partial charge in [0.25, 0.3) is 0 Å². The third-order valence-corrected chi connectivity index (χ3v) is 5.72. The molecule has 0 radical (unpaired) electrons. The van der Waals surface area contributed by atoms with Crippen LogP contribution in [0.15, 0.2) is 57.9 Å². The van der Waals surface area contributed by atoms with E-state index >= 15 is 0 Å². The Kier molecular flexibility index (Phi) is 4.91. The lowest BCUT2D eigenvalue weighted by Gasteiger charge is -2.36. The summed E-state index contributed by atoms with van der Waals surface area (Å²) in [6.07, 6.45) is 3.06. The standard InChI is InChI=1S/C23H24N6O2/c1-14-13-24-22(26-17-6-3-5-16(11-17)15(2)29-9-4-10-29)28-21(14)25-18-7-8-20-19(12-18)27-23(30)31-20/h3,5-8,11-13,15H,4,9-10H2,1-2H3,(H,27,30)(H2,24,25,26,28). The second kappa shape index (κ2) is 7.88. The minimum Gasteiger partial charge on any atom is -0.408 e. The molecule has 1 atom stereocenters. The third kappa shape index (κ3) is 4.02. The number of oxazole rings is 1. The van der Waals surface area contributed by atoms with Crippen LogP contribution in [0.2, 0.25) is 0 Å². The van der Waals surface area contributed by atoms with Crippen LogP contribution < -0.4 is 16.4 Å². The highest BCUT2D eigenvalue weighted by molar-refractivity contribution is 5.78. The van der Waals surface area contributed by atoms with E-state index in [1.807, 2.05) is 25.1 Å². The van der Waals surface area contributed by atoms with Crippen molar-refractivity contribution in [1.82, 2.24) is 19.9 Å². The highest BCUT2D eigenvalue weighted by Gasteiger charge is 2.21. The molecular weight excluding hydrogens is 392 g/mol. The van der Waals surface area contributed by atoms with Crippen LogP contribution in [0.3, 0.4) is 0 Å². The average Bonchev–Trinajstić information content (AvgIpc) is 3.09. The zero-order valence-electron chi connectivity index (χ0n) is 17.5. The first-order valence-corrected chi connectivity index (χ1v) is 10.4. The Morgan fingerprint density at radius 1 is 1.13 bits per heavy atom. The van der Waals surface area contributed by atoms with E-state index in [1.165, 1.54) is 12.0 Å². The number of benzene rings is 2. The molecule has 1 aliphatic rings. The highest BCUT2D eigenvalue weighted by atomic mass is 16.4. The number of hydrogen-bond acceptors (Lipinski definition) is 7. The van der Waals surface area contributed by atoms with Crippen LogP contribution >= 0.6 is 0 Å². The molecule has 8 nitrogen and oxygen atoms in total. The van der Waals surface area contributed by atoms with Gasteiger partial charge in [0.05, 0.1) is 5.52 Å². The van der Waals surface area contributed by atoms with Gasteiger partial charge in [-0.05, 0) is 69.3 Å².